The lowest BCUT2D eigenvalue weighted by Gasteiger charge is -2.39. The highest BCUT2D eigenvalue weighted by atomic mass is 19.1. The van der Waals surface area contributed by atoms with Gasteiger partial charge < -0.3 is 9.80 Å². The van der Waals surface area contributed by atoms with Gasteiger partial charge >= 0.3 is 0 Å². The molecule has 1 aliphatic rings. The van der Waals surface area contributed by atoms with Gasteiger partial charge in [-0.1, -0.05) is 19.9 Å². The van der Waals surface area contributed by atoms with Crippen LogP contribution in [0.15, 0.2) is 61.1 Å². The first-order valence-corrected chi connectivity index (χ1v) is 12.4. The molecule has 1 unspecified atom stereocenters. The number of aromatic nitrogens is 4. The fourth-order valence-electron chi connectivity index (χ4n) is 4.74. The zero-order chi connectivity index (χ0) is 26.1. The molecule has 1 aliphatic heterocycles. The van der Waals surface area contributed by atoms with E-state index in [9.17, 15) is 14.0 Å². The molecule has 4 aromatic rings. The average Bonchev–Trinajstić information content (AvgIpc) is 3.32. The summed E-state index contributed by atoms with van der Waals surface area (Å²) in [6.45, 7) is 7.39. The molecule has 0 aliphatic carbocycles. The molecule has 1 fully saturated rings. The van der Waals surface area contributed by atoms with E-state index in [2.05, 4.69) is 28.9 Å². The van der Waals surface area contributed by atoms with Gasteiger partial charge in [-0.15, -0.1) is 0 Å². The second-order valence-electron chi connectivity index (χ2n) is 9.77. The van der Waals surface area contributed by atoms with Crippen LogP contribution in [0.4, 0.5) is 4.39 Å². The largest absolute Gasteiger partial charge is 0.336 e. The maximum Gasteiger partial charge on any atom is 0.274 e. The number of benzene rings is 1. The summed E-state index contributed by atoms with van der Waals surface area (Å²) in [6.07, 6.45) is 5.33. The summed E-state index contributed by atoms with van der Waals surface area (Å²) in [4.78, 5) is 38.6. The van der Waals surface area contributed by atoms with Crippen molar-refractivity contribution in [3.63, 3.8) is 0 Å². The standard InChI is InChI=1S/C28H29FN6O2/c1-18(2)23-14-24(21-6-8-22(29)9-7-21)32-35-17-25(31-27(23)35)28(37)33-11-12-34(19(3)16-33)26(36)13-20-5-4-10-30-15-20/h4-10,14-15,17-19H,11-13,16H2,1-3H3. The smallest absolute Gasteiger partial charge is 0.274 e. The Bertz CT molecular complexity index is 1430. The summed E-state index contributed by atoms with van der Waals surface area (Å²) in [7, 11) is 0. The van der Waals surface area contributed by atoms with Gasteiger partial charge in [-0.05, 0) is 54.8 Å². The third-order valence-corrected chi connectivity index (χ3v) is 6.75. The lowest BCUT2D eigenvalue weighted by Crippen LogP contribution is -2.55. The number of amides is 2. The molecule has 2 amide bonds. The SMILES string of the molecule is CC(C)c1cc(-c2ccc(F)cc2)nn2cc(C(=O)N3CCN(C(=O)Cc4cccnc4)C(C)C3)nc12. The van der Waals surface area contributed by atoms with E-state index in [1.807, 2.05) is 30.0 Å². The second-order valence-corrected chi connectivity index (χ2v) is 9.77. The van der Waals surface area contributed by atoms with E-state index in [0.717, 1.165) is 16.7 Å². The minimum absolute atomic E-state index is 0.0272. The molecule has 5 rings (SSSR count). The maximum absolute atomic E-state index is 13.4. The monoisotopic (exact) mass is 500 g/mol. The van der Waals surface area contributed by atoms with Crippen molar-refractivity contribution in [2.24, 2.45) is 0 Å². The predicted octanol–water partition coefficient (Wildman–Crippen LogP) is 3.97. The first-order valence-electron chi connectivity index (χ1n) is 12.4. The zero-order valence-corrected chi connectivity index (χ0v) is 21.1. The summed E-state index contributed by atoms with van der Waals surface area (Å²) >= 11 is 0. The van der Waals surface area contributed by atoms with Gasteiger partial charge in [0.15, 0.2) is 5.65 Å². The fourth-order valence-corrected chi connectivity index (χ4v) is 4.74. The minimum Gasteiger partial charge on any atom is -0.336 e. The molecule has 4 heterocycles. The van der Waals surface area contributed by atoms with Crippen LogP contribution >= 0.6 is 0 Å². The molecule has 0 saturated carbocycles. The van der Waals surface area contributed by atoms with Gasteiger partial charge in [-0.2, -0.15) is 5.10 Å². The Labute approximate surface area is 214 Å². The van der Waals surface area contributed by atoms with Crippen LogP contribution in [0.2, 0.25) is 0 Å². The summed E-state index contributed by atoms with van der Waals surface area (Å²) in [5.74, 6) is -0.323. The van der Waals surface area contributed by atoms with Gasteiger partial charge in [0.2, 0.25) is 5.91 Å². The number of pyridine rings is 1. The number of imidazole rings is 1. The van der Waals surface area contributed by atoms with Gasteiger partial charge in [0.1, 0.15) is 11.5 Å². The highest BCUT2D eigenvalue weighted by Crippen LogP contribution is 2.26. The third-order valence-electron chi connectivity index (χ3n) is 6.75. The Balaban J connectivity index is 1.35. The van der Waals surface area contributed by atoms with Crippen molar-refractivity contribution in [1.82, 2.24) is 29.4 Å². The topological polar surface area (TPSA) is 83.7 Å². The zero-order valence-electron chi connectivity index (χ0n) is 21.1. The van der Waals surface area contributed by atoms with Crippen molar-refractivity contribution in [3.8, 4) is 11.3 Å². The van der Waals surface area contributed by atoms with Crippen molar-refractivity contribution in [3.05, 3.63) is 83.7 Å². The molecule has 190 valence electrons. The highest BCUT2D eigenvalue weighted by Gasteiger charge is 2.31. The summed E-state index contributed by atoms with van der Waals surface area (Å²) in [5.41, 5.74) is 4.23. The van der Waals surface area contributed by atoms with E-state index < -0.39 is 0 Å². The van der Waals surface area contributed by atoms with E-state index in [-0.39, 0.29) is 29.6 Å². The third kappa shape index (κ3) is 5.07. The quantitative estimate of drug-likeness (QED) is 0.414. The average molecular weight is 501 g/mol. The first-order chi connectivity index (χ1) is 17.8. The van der Waals surface area contributed by atoms with Gasteiger partial charge in [0.05, 0.1) is 18.3 Å². The molecule has 0 spiro atoms. The molecule has 0 radical (unpaired) electrons. The molecule has 8 nitrogen and oxygen atoms in total. The number of fused-ring (bicyclic) bond motifs is 1. The number of rotatable bonds is 5. The fraction of sp³-hybridized carbons (Fsp3) is 0.321. The van der Waals surface area contributed by atoms with Crippen molar-refractivity contribution >= 4 is 17.5 Å². The number of halogens is 1. The molecule has 1 saturated heterocycles. The molecular weight excluding hydrogens is 471 g/mol. The Kier molecular flexibility index (Phi) is 6.69. The number of hydrogen-bond acceptors (Lipinski definition) is 5. The van der Waals surface area contributed by atoms with Gasteiger partial charge in [-0.25, -0.2) is 13.9 Å². The first kappa shape index (κ1) is 24.5. The van der Waals surface area contributed by atoms with Crippen LogP contribution in [0.25, 0.3) is 16.9 Å². The van der Waals surface area contributed by atoms with Gasteiger partial charge in [0.25, 0.3) is 5.91 Å². The molecule has 37 heavy (non-hydrogen) atoms. The van der Waals surface area contributed by atoms with E-state index in [1.54, 1.807) is 40.1 Å². The van der Waals surface area contributed by atoms with Crippen molar-refractivity contribution in [1.29, 1.82) is 0 Å². The van der Waals surface area contributed by atoms with Crippen LogP contribution in [0.1, 0.15) is 48.3 Å². The van der Waals surface area contributed by atoms with Gasteiger partial charge in [0, 0.05) is 49.2 Å². The van der Waals surface area contributed by atoms with E-state index in [0.29, 0.717) is 43.1 Å². The molecule has 9 heteroatoms. The Morgan fingerprint density at radius 2 is 1.92 bits per heavy atom. The molecule has 1 aromatic carbocycles. The number of carbonyl (C=O) groups is 2. The van der Waals surface area contributed by atoms with Gasteiger partial charge in [-0.3, -0.25) is 14.6 Å². The van der Waals surface area contributed by atoms with Crippen molar-refractivity contribution in [2.75, 3.05) is 19.6 Å². The lowest BCUT2D eigenvalue weighted by molar-refractivity contribution is -0.134. The number of nitrogens with zero attached hydrogens (tertiary/aromatic N) is 6. The molecule has 0 N–H and O–H groups in total. The second kappa shape index (κ2) is 10.1. The number of piperazine rings is 1. The van der Waals surface area contributed by atoms with E-state index in [1.165, 1.54) is 12.1 Å². The molecule has 0 bridgehead atoms. The highest BCUT2D eigenvalue weighted by molar-refractivity contribution is 5.93. The molecular formula is C28H29FN6O2. The van der Waals surface area contributed by atoms with Crippen LogP contribution < -0.4 is 0 Å². The molecule has 3 aromatic heterocycles. The minimum atomic E-state index is -0.308. The summed E-state index contributed by atoms with van der Waals surface area (Å²) in [6, 6.07) is 11.7. The van der Waals surface area contributed by atoms with Crippen LogP contribution in [0, 0.1) is 5.82 Å². The van der Waals surface area contributed by atoms with Crippen LogP contribution in [-0.4, -0.2) is 66.9 Å². The van der Waals surface area contributed by atoms with Crippen LogP contribution in [0.3, 0.4) is 0 Å². The number of hydrogen-bond donors (Lipinski definition) is 0. The lowest BCUT2D eigenvalue weighted by atomic mass is 10.0. The normalized spacial score (nSPS) is 16.0. The van der Waals surface area contributed by atoms with E-state index >= 15 is 0 Å². The van der Waals surface area contributed by atoms with Crippen molar-refractivity contribution in [2.45, 2.75) is 39.2 Å². The maximum atomic E-state index is 13.4. The predicted molar refractivity (Wildman–Crippen MR) is 137 cm³/mol. The summed E-state index contributed by atoms with van der Waals surface area (Å²) < 4.78 is 15.1. The summed E-state index contributed by atoms with van der Waals surface area (Å²) in [5, 5.41) is 4.66. The van der Waals surface area contributed by atoms with Crippen molar-refractivity contribution < 1.29 is 14.0 Å². The number of carbonyl (C=O) groups excluding carboxylic acids is 2. The Morgan fingerprint density at radius 3 is 2.59 bits per heavy atom. The van der Waals surface area contributed by atoms with E-state index in [4.69, 9.17) is 0 Å². The Hall–Kier alpha value is -4.14. The molecule has 1 atom stereocenters. The van der Waals surface area contributed by atoms with Crippen LogP contribution in [-0.2, 0) is 11.2 Å². The Morgan fingerprint density at radius 1 is 1.14 bits per heavy atom. The van der Waals surface area contributed by atoms with Crippen LogP contribution in [0.5, 0.6) is 0 Å².